The van der Waals surface area contributed by atoms with Crippen LogP contribution in [0.5, 0.6) is 0 Å². The molecule has 0 spiro atoms. The van der Waals surface area contributed by atoms with E-state index in [2.05, 4.69) is 22.1 Å². The molecule has 1 fully saturated rings. The van der Waals surface area contributed by atoms with E-state index in [4.69, 9.17) is 12.6 Å². The third-order valence-electron chi connectivity index (χ3n) is 5.20. The molecule has 0 unspecified atom stereocenters. The van der Waals surface area contributed by atoms with E-state index in [-0.39, 0.29) is 12.0 Å². The van der Waals surface area contributed by atoms with Gasteiger partial charge in [0.25, 0.3) is 0 Å². The first-order chi connectivity index (χ1) is 14.2. The second-order valence-electron chi connectivity index (χ2n) is 8.71. The molecule has 2 heterocycles. The van der Waals surface area contributed by atoms with Gasteiger partial charge in [0.1, 0.15) is 19.3 Å². The Morgan fingerprint density at radius 1 is 1.27 bits per heavy atom. The highest BCUT2D eigenvalue weighted by Crippen LogP contribution is 2.36. The van der Waals surface area contributed by atoms with Gasteiger partial charge in [0, 0.05) is 12.1 Å². The molecule has 2 aromatic carbocycles. The quantitative estimate of drug-likeness (QED) is 0.665. The maximum absolute atomic E-state index is 12.7. The molecule has 2 radical (unpaired) electrons. The average Bonchev–Trinajstić information content (AvgIpc) is 3.33. The lowest BCUT2D eigenvalue weighted by molar-refractivity contribution is 0.0216. The van der Waals surface area contributed by atoms with Crippen molar-refractivity contribution in [3.05, 3.63) is 48.4 Å². The van der Waals surface area contributed by atoms with Crippen molar-refractivity contribution in [3.63, 3.8) is 0 Å². The summed E-state index contributed by atoms with van der Waals surface area (Å²) in [6.45, 7) is 5.83. The van der Waals surface area contributed by atoms with Gasteiger partial charge in [0.15, 0.2) is 0 Å². The van der Waals surface area contributed by atoms with Crippen molar-refractivity contribution in [1.29, 1.82) is 5.26 Å². The molecule has 1 saturated heterocycles. The van der Waals surface area contributed by atoms with E-state index < -0.39 is 11.7 Å². The number of aromatic amines is 1. The van der Waals surface area contributed by atoms with Gasteiger partial charge in [-0.25, -0.2) is 9.78 Å². The summed E-state index contributed by atoms with van der Waals surface area (Å²) in [6.07, 6.45) is 1.87. The first-order valence-electron chi connectivity index (χ1n) is 9.97. The molecule has 3 aromatic rings. The van der Waals surface area contributed by atoms with Crippen LogP contribution in [0.25, 0.3) is 22.0 Å². The Labute approximate surface area is 177 Å². The molecule has 0 saturated carbocycles. The number of imidazole rings is 1. The molecular weight excluding hydrogens is 375 g/mol. The summed E-state index contributed by atoms with van der Waals surface area (Å²) in [5.74, 6) is 0.410. The number of likely N-dealkylation sites (tertiary alicyclic amines) is 1. The fourth-order valence-electron chi connectivity index (χ4n) is 3.80. The lowest BCUT2D eigenvalue weighted by Crippen LogP contribution is -2.37. The van der Waals surface area contributed by atoms with Crippen molar-refractivity contribution < 1.29 is 9.53 Å². The number of benzene rings is 2. The summed E-state index contributed by atoms with van der Waals surface area (Å²) >= 11 is 0. The Hall–Kier alpha value is -3.27. The van der Waals surface area contributed by atoms with Crippen LogP contribution in [-0.2, 0) is 4.74 Å². The molecule has 4 rings (SSSR count). The van der Waals surface area contributed by atoms with Crippen LogP contribution >= 0.6 is 0 Å². The topological polar surface area (TPSA) is 82.0 Å². The van der Waals surface area contributed by atoms with Gasteiger partial charge in [-0.2, -0.15) is 5.26 Å². The number of hydrogen-bond donors (Lipinski definition) is 1. The summed E-state index contributed by atoms with van der Waals surface area (Å²) in [5.41, 5.74) is 1.97. The molecule has 6 nitrogen and oxygen atoms in total. The van der Waals surface area contributed by atoms with Crippen LogP contribution in [0.2, 0.25) is 0 Å². The zero-order chi connectivity index (χ0) is 21.5. The number of amides is 1. The predicted molar refractivity (Wildman–Crippen MR) is 116 cm³/mol. The molecule has 1 aliphatic rings. The van der Waals surface area contributed by atoms with Crippen molar-refractivity contribution in [1.82, 2.24) is 14.9 Å². The number of aromatic nitrogens is 2. The molecule has 7 heteroatoms. The Kier molecular flexibility index (Phi) is 5.02. The third kappa shape index (κ3) is 4.04. The summed E-state index contributed by atoms with van der Waals surface area (Å²) in [6, 6.07) is 13.9. The van der Waals surface area contributed by atoms with Crippen LogP contribution in [0.3, 0.4) is 0 Å². The Morgan fingerprint density at radius 3 is 2.73 bits per heavy atom. The van der Waals surface area contributed by atoms with Crippen LogP contribution < -0.4 is 5.46 Å². The number of nitrogens with zero attached hydrogens (tertiary/aromatic N) is 3. The number of rotatable bonds is 2. The van der Waals surface area contributed by atoms with E-state index in [1.165, 1.54) is 0 Å². The van der Waals surface area contributed by atoms with E-state index in [0.29, 0.717) is 18.8 Å². The first kappa shape index (κ1) is 20.0. The molecular formula is C23H23BN4O2. The van der Waals surface area contributed by atoms with E-state index >= 15 is 0 Å². The highest BCUT2D eigenvalue weighted by atomic mass is 16.6. The summed E-state index contributed by atoms with van der Waals surface area (Å²) in [5, 5.41) is 11.6. The van der Waals surface area contributed by atoms with Crippen LogP contribution in [0.15, 0.2) is 42.6 Å². The smallest absolute Gasteiger partial charge is 0.410 e. The highest BCUT2D eigenvalue weighted by molar-refractivity contribution is 6.33. The minimum absolute atomic E-state index is 0.248. The van der Waals surface area contributed by atoms with Gasteiger partial charge in [-0.15, -0.1) is 0 Å². The predicted octanol–water partition coefficient (Wildman–Crippen LogP) is 3.85. The van der Waals surface area contributed by atoms with Gasteiger partial charge < -0.3 is 9.72 Å². The van der Waals surface area contributed by atoms with Gasteiger partial charge in [-0.3, -0.25) is 4.90 Å². The minimum Gasteiger partial charge on any atom is -0.444 e. The maximum atomic E-state index is 12.7. The molecule has 1 N–H and O–H groups in total. The second-order valence-corrected chi connectivity index (χ2v) is 8.71. The number of fused-ring (bicyclic) bond motifs is 1. The van der Waals surface area contributed by atoms with Gasteiger partial charge in [0.2, 0.25) is 0 Å². The van der Waals surface area contributed by atoms with Crippen molar-refractivity contribution in [2.75, 3.05) is 6.54 Å². The minimum atomic E-state index is -0.602. The zero-order valence-corrected chi connectivity index (χ0v) is 17.3. The fourth-order valence-corrected chi connectivity index (χ4v) is 3.80. The number of nitriles is 1. The number of carbonyl (C=O) groups is 1. The molecule has 30 heavy (non-hydrogen) atoms. The molecule has 1 amide bonds. The van der Waals surface area contributed by atoms with E-state index in [0.717, 1.165) is 27.5 Å². The van der Waals surface area contributed by atoms with Crippen LogP contribution in [-0.4, -0.2) is 41.0 Å². The lowest BCUT2D eigenvalue weighted by atomic mass is 9.93. The fraction of sp³-hybridized carbons (Fsp3) is 0.348. The van der Waals surface area contributed by atoms with Gasteiger partial charge in [-0.1, -0.05) is 35.8 Å². The largest absolute Gasteiger partial charge is 0.444 e. The van der Waals surface area contributed by atoms with Crippen molar-refractivity contribution >= 4 is 30.2 Å². The SMILES string of the molecule is [B]c1ccc2cc(-c3cnc([C@H]4C[C@@H](C#N)CN4C(=O)OC(C)(C)C)[nH]3)ccc2c1. The Morgan fingerprint density at radius 2 is 2.00 bits per heavy atom. The standard InChI is InChI=1S/C23H23BN4O2/c1-23(2,3)30-22(29)28-13-14(11-25)8-20(28)21-26-12-19(27-21)17-5-4-16-10-18(24)7-6-15(16)9-17/h4-7,9-10,12,14,20H,8,13H2,1-3H3,(H,26,27)/t14-,20+/m0/s1. The molecule has 150 valence electrons. The summed E-state index contributed by atoms with van der Waals surface area (Å²) in [4.78, 5) is 22.2. The number of carbonyl (C=O) groups excluding carboxylic acids is 1. The first-order valence-corrected chi connectivity index (χ1v) is 9.97. The molecule has 0 aliphatic carbocycles. The van der Waals surface area contributed by atoms with Crippen LogP contribution in [0.4, 0.5) is 4.79 Å². The van der Waals surface area contributed by atoms with Crippen molar-refractivity contribution in [3.8, 4) is 17.3 Å². The van der Waals surface area contributed by atoms with E-state index in [1.54, 1.807) is 11.1 Å². The third-order valence-corrected chi connectivity index (χ3v) is 5.20. The lowest BCUT2D eigenvalue weighted by Gasteiger charge is -2.27. The average molecular weight is 398 g/mol. The van der Waals surface area contributed by atoms with Crippen LogP contribution in [0.1, 0.15) is 39.1 Å². The van der Waals surface area contributed by atoms with E-state index in [9.17, 15) is 10.1 Å². The molecule has 2 atom stereocenters. The maximum Gasteiger partial charge on any atom is 0.410 e. The monoisotopic (exact) mass is 398 g/mol. The Bertz CT molecular complexity index is 1140. The van der Waals surface area contributed by atoms with Crippen molar-refractivity contribution in [2.45, 2.75) is 38.8 Å². The van der Waals surface area contributed by atoms with Crippen LogP contribution in [0, 0.1) is 17.2 Å². The van der Waals surface area contributed by atoms with E-state index in [1.807, 2.05) is 51.1 Å². The van der Waals surface area contributed by atoms with Gasteiger partial charge in [0.05, 0.1) is 29.9 Å². The number of nitrogens with one attached hydrogen (secondary N) is 1. The van der Waals surface area contributed by atoms with Gasteiger partial charge in [-0.05, 0) is 44.0 Å². The second kappa shape index (κ2) is 7.53. The summed E-state index contributed by atoms with van der Waals surface area (Å²) < 4.78 is 5.54. The Balaban J connectivity index is 1.62. The number of ether oxygens (including phenoxy) is 1. The van der Waals surface area contributed by atoms with Gasteiger partial charge >= 0.3 is 6.09 Å². The molecule has 0 bridgehead atoms. The molecule has 1 aromatic heterocycles. The normalized spacial score (nSPS) is 19.1. The highest BCUT2D eigenvalue weighted by Gasteiger charge is 2.40. The number of hydrogen-bond acceptors (Lipinski definition) is 4. The number of H-pyrrole nitrogens is 1. The molecule has 1 aliphatic heterocycles. The van der Waals surface area contributed by atoms with Crippen molar-refractivity contribution in [2.24, 2.45) is 5.92 Å². The zero-order valence-electron chi connectivity index (χ0n) is 17.3. The summed E-state index contributed by atoms with van der Waals surface area (Å²) in [7, 11) is 5.86.